The number of nitrogens with zero attached hydrogens (tertiary/aromatic N) is 3. The second kappa shape index (κ2) is 6.55. The van der Waals surface area contributed by atoms with Crippen LogP contribution < -0.4 is 0 Å². The quantitative estimate of drug-likeness (QED) is 0.825. The van der Waals surface area contributed by atoms with E-state index in [9.17, 15) is 4.79 Å². The number of likely N-dealkylation sites (tertiary alicyclic amines) is 1. The Balaban J connectivity index is 1.43. The van der Waals surface area contributed by atoms with Crippen LogP contribution in [0.1, 0.15) is 23.3 Å². The molecule has 4 rings (SSSR count). The number of carbonyl (C=O) groups excluding carboxylic acids is 1. The molecule has 3 atom stereocenters. The Bertz CT molecular complexity index is 547. The number of aromatic nitrogens is 1. The summed E-state index contributed by atoms with van der Waals surface area (Å²) in [4.78, 5) is 21.1. The first-order chi connectivity index (χ1) is 11.3. The molecule has 1 unspecified atom stereocenters. The van der Waals surface area contributed by atoms with Crippen LogP contribution in [0.2, 0.25) is 0 Å². The molecule has 6 heteroatoms. The second-order valence-corrected chi connectivity index (χ2v) is 6.53. The lowest BCUT2D eigenvalue weighted by Crippen LogP contribution is -2.52. The van der Waals surface area contributed by atoms with E-state index in [2.05, 4.69) is 9.88 Å². The lowest BCUT2D eigenvalue weighted by molar-refractivity contribution is -0.0614. The molecule has 124 valence electrons. The highest BCUT2D eigenvalue weighted by molar-refractivity contribution is 5.92. The SMILES string of the molecule is O=C(c1ccccn1)N1C[C@@H]2OCCN(CC3CCCO3)[C@@H]2C1. The van der Waals surface area contributed by atoms with Crippen molar-refractivity contribution in [3.8, 4) is 0 Å². The molecule has 23 heavy (non-hydrogen) atoms. The first kappa shape index (κ1) is 15.1. The second-order valence-electron chi connectivity index (χ2n) is 6.53. The molecule has 4 heterocycles. The topological polar surface area (TPSA) is 54.9 Å². The van der Waals surface area contributed by atoms with Gasteiger partial charge in [0.15, 0.2) is 0 Å². The molecular formula is C17H23N3O3. The van der Waals surface area contributed by atoms with Crippen LogP contribution >= 0.6 is 0 Å². The van der Waals surface area contributed by atoms with E-state index in [0.29, 0.717) is 24.9 Å². The molecule has 1 amide bonds. The van der Waals surface area contributed by atoms with E-state index in [1.807, 2.05) is 17.0 Å². The van der Waals surface area contributed by atoms with Crippen molar-refractivity contribution in [2.45, 2.75) is 31.1 Å². The molecule has 0 aromatic carbocycles. The molecule has 3 aliphatic rings. The number of fused-ring (bicyclic) bond motifs is 1. The zero-order valence-electron chi connectivity index (χ0n) is 13.3. The summed E-state index contributed by atoms with van der Waals surface area (Å²) >= 11 is 0. The van der Waals surface area contributed by atoms with Crippen molar-refractivity contribution in [3.63, 3.8) is 0 Å². The zero-order chi connectivity index (χ0) is 15.6. The summed E-state index contributed by atoms with van der Waals surface area (Å²) in [5, 5.41) is 0. The average molecular weight is 317 g/mol. The maximum absolute atomic E-state index is 12.6. The first-order valence-corrected chi connectivity index (χ1v) is 8.49. The lowest BCUT2D eigenvalue weighted by atomic mass is 10.1. The maximum atomic E-state index is 12.6. The van der Waals surface area contributed by atoms with E-state index in [4.69, 9.17) is 9.47 Å². The van der Waals surface area contributed by atoms with Gasteiger partial charge in [-0.1, -0.05) is 6.07 Å². The summed E-state index contributed by atoms with van der Waals surface area (Å²) in [5.74, 6) is 0.000617. The van der Waals surface area contributed by atoms with Crippen molar-refractivity contribution in [2.24, 2.45) is 0 Å². The zero-order valence-corrected chi connectivity index (χ0v) is 13.3. The lowest BCUT2D eigenvalue weighted by Gasteiger charge is -2.37. The Kier molecular flexibility index (Phi) is 4.29. The van der Waals surface area contributed by atoms with E-state index < -0.39 is 0 Å². The number of amides is 1. The van der Waals surface area contributed by atoms with Gasteiger partial charge in [0.25, 0.3) is 5.91 Å². The van der Waals surface area contributed by atoms with E-state index in [0.717, 1.165) is 39.1 Å². The Morgan fingerprint density at radius 3 is 3.00 bits per heavy atom. The van der Waals surface area contributed by atoms with Gasteiger partial charge in [0.2, 0.25) is 0 Å². The predicted octanol–water partition coefficient (Wildman–Crippen LogP) is 0.786. The number of carbonyl (C=O) groups is 1. The third-order valence-corrected chi connectivity index (χ3v) is 5.05. The summed E-state index contributed by atoms with van der Waals surface area (Å²) in [5.41, 5.74) is 0.511. The molecule has 3 aliphatic heterocycles. The van der Waals surface area contributed by atoms with Gasteiger partial charge >= 0.3 is 0 Å². The third-order valence-electron chi connectivity index (χ3n) is 5.05. The minimum atomic E-state index is 0.000617. The maximum Gasteiger partial charge on any atom is 0.272 e. The van der Waals surface area contributed by atoms with Crippen molar-refractivity contribution >= 4 is 5.91 Å². The predicted molar refractivity (Wildman–Crippen MR) is 84.2 cm³/mol. The van der Waals surface area contributed by atoms with Gasteiger partial charge in [0.1, 0.15) is 5.69 Å². The van der Waals surface area contributed by atoms with Crippen LogP contribution in [0, 0.1) is 0 Å². The third kappa shape index (κ3) is 3.11. The molecule has 3 fully saturated rings. The van der Waals surface area contributed by atoms with E-state index in [-0.39, 0.29) is 18.1 Å². The van der Waals surface area contributed by atoms with Crippen molar-refractivity contribution in [2.75, 3.05) is 39.4 Å². The van der Waals surface area contributed by atoms with Gasteiger partial charge in [-0.2, -0.15) is 0 Å². The Morgan fingerprint density at radius 2 is 2.22 bits per heavy atom. The number of hydrogen-bond acceptors (Lipinski definition) is 5. The van der Waals surface area contributed by atoms with Crippen LogP contribution in [0.4, 0.5) is 0 Å². The summed E-state index contributed by atoms with van der Waals surface area (Å²) < 4.78 is 11.7. The van der Waals surface area contributed by atoms with E-state index >= 15 is 0 Å². The summed E-state index contributed by atoms with van der Waals surface area (Å²) in [6.45, 7) is 4.87. The molecule has 6 nitrogen and oxygen atoms in total. The minimum Gasteiger partial charge on any atom is -0.377 e. The summed E-state index contributed by atoms with van der Waals surface area (Å²) in [6.07, 6.45) is 4.42. The molecule has 0 N–H and O–H groups in total. The summed E-state index contributed by atoms with van der Waals surface area (Å²) in [6, 6.07) is 5.73. The molecule has 0 saturated carbocycles. The molecule has 0 radical (unpaired) electrons. The fourth-order valence-electron chi connectivity index (χ4n) is 3.85. The van der Waals surface area contributed by atoms with Crippen LogP contribution in [0.5, 0.6) is 0 Å². The smallest absolute Gasteiger partial charge is 0.272 e. The Labute approximate surface area is 136 Å². The normalized spacial score (nSPS) is 31.3. The average Bonchev–Trinajstić information content (AvgIpc) is 3.25. The van der Waals surface area contributed by atoms with Gasteiger partial charge < -0.3 is 14.4 Å². The Hall–Kier alpha value is -1.50. The van der Waals surface area contributed by atoms with Crippen molar-refractivity contribution in [1.29, 1.82) is 0 Å². The highest BCUT2D eigenvalue weighted by Crippen LogP contribution is 2.25. The van der Waals surface area contributed by atoms with Crippen LogP contribution in [0.3, 0.4) is 0 Å². The highest BCUT2D eigenvalue weighted by atomic mass is 16.5. The fourth-order valence-corrected chi connectivity index (χ4v) is 3.85. The van der Waals surface area contributed by atoms with E-state index in [1.165, 1.54) is 0 Å². The standard InChI is InChI=1S/C17H23N3O3/c21-17(14-5-1-2-6-18-14)20-11-15-16(12-20)23-9-7-19(15)10-13-4-3-8-22-13/h1-2,5-6,13,15-16H,3-4,7-12H2/t13?,15-,16+/m1/s1. The number of hydrogen-bond donors (Lipinski definition) is 0. The molecule has 0 aliphatic carbocycles. The van der Waals surface area contributed by atoms with Crippen LogP contribution in [-0.2, 0) is 9.47 Å². The molecule has 0 bridgehead atoms. The minimum absolute atomic E-state index is 0.000617. The molecule has 1 aromatic rings. The largest absolute Gasteiger partial charge is 0.377 e. The fraction of sp³-hybridized carbons (Fsp3) is 0.647. The molecule has 3 saturated heterocycles. The van der Waals surface area contributed by atoms with Gasteiger partial charge in [0.05, 0.1) is 24.9 Å². The van der Waals surface area contributed by atoms with Crippen molar-refractivity contribution < 1.29 is 14.3 Å². The number of morpholine rings is 1. The number of rotatable bonds is 3. The first-order valence-electron chi connectivity index (χ1n) is 8.49. The van der Waals surface area contributed by atoms with Crippen molar-refractivity contribution in [1.82, 2.24) is 14.8 Å². The van der Waals surface area contributed by atoms with Crippen LogP contribution in [0.25, 0.3) is 0 Å². The number of pyridine rings is 1. The van der Waals surface area contributed by atoms with Crippen LogP contribution in [0.15, 0.2) is 24.4 Å². The summed E-state index contributed by atoms with van der Waals surface area (Å²) in [7, 11) is 0. The van der Waals surface area contributed by atoms with Gasteiger partial charge in [-0.25, -0.2) is 0 Å². The van der Waals surface area contributed by atoms with Crippen molar-refractivity contribution in [3.05, 3.63) is 30.1 Å². The van der Waals surface area contributed by atoms with Gasteiger partial charge in [-0.15, -0.1) is 0 Å². The van der Waals surface area contributed by atoms with Gasteiger partial charge in [-0.05, 0) is 25.0 Å². The molecule has 0 spiro atoms. The van der Waals surface area contributed by atoms with Crippen LogP contribution in [-0.4, -0.2) is 78.3 Å². The number of ether oxygens (including phenoxy) is 2. The van der Waals surface area contributed by atoms with E-state index in [1.54, 1.807) is 12.3 Å². The highest BCUT2D eigenvalue weighted by Gasteiger charge is 2.42. The molecular weight excluding hydrogens is 294 g/mol. The Morgan fingerprint density at radius 1 is 1.26 bits per heavy atom. The van der Waals surface area contributed by atoms with Gasteiger partial charge in [0, 0.05) is 39.0 Å². The monoisotopic (exact) mass is 317 g/mol. The van der Waals surface area contributed by atoms with Gasteiger partial charge in [-0.3, -0.25) is 14.7 Å². The molecule has 1 aromatic heterocycles.